The predicted octanol–water partition coefficient (Wildman–Crippen LogP) is 3.13. The van der Waals surface area contributed by atoms with E-state index in [0.717, 1.165) is 0 Å². The average molecular weight is 394 g/mol. The molecule has 0 aliphatic carbocycles. The van der Waals surface area contributed by atoms with Crippen molar-refractivity contribution >= 4 is 44.0 Å². The van der Waals surface area contributed by atoms with E-state index >= 15 is 0 Å². The summed E-state index contributed by atoms with van der Waals surface area (Å²) in [6.07, 6.45) is 1.73. The molecule has 23 heavy (non-hydrogen) atoms. The highest BCUT2D eigenvalue weighted by Gasteiger charge is 2.33. The van der Waals surface area contributed by atoms with Crippen LogP contribution in [-0.4, -0.2) is 15.3 Å². The fourth-order valence-corrected chi connectivity index (χ4v) is 3.94. The third kappa shape index (κ3) is 2.29. The molecule has 1 atom stereocenters. The third-order valence-electron chi connectivity index (χ3n) is 3.84. The number of halogens is 2. The largest absolute Gasteiger partial charge is 0.311 e. The number of thiazole rings is 1. The van der Waals surface area contributed by atoms with E-state index in [4.69, 9.17) is 0 Å². The van der Waals surface area contributed by atoms with E-state index in [1.165, 1.54) is 17.4 Å². The maximum atomic E-state index is 14.3. The number of rotatable bonds is 1. The summed E-state index contributed by atoms with van der Waals surface area (Å²) in [4.78, 5) is 29.1. The van der Waals surface area contributed by atoms with Gasteiger partial charge in [-0.05, 0) is 23.8 Å². The molecule has 1 aliphatic rings. The highest BCUT2D eigenvalue weighted by Crippen LogP contribution is 2.37. The van der Waals surface area contributed by atoms with Crippen molar-refractivity contribution in [2.75, 3.05) is 5.32 Å². The molecule has 0 fully saturated rings. The van der Waals surface area contributed by atoms with E-state index < -0.39 is 17.3 Å². The molecule has 4 rings (SSSR count). The van der Waals surface area contributed by atoms with E-state index in [-0.39, 0.29) is 12.3 Å². The predicted molar refractivity (Wildman–Crippen MR) is 88.5 cm³/mol. The molecule has 0 spiro atoms. The number of nitrogens with one attached hydrogen (secondary N) is 1. The van der Waals surface area contributed by atoms with Crippen molar-refractivity contribution in [3.05, 3.63) is 61.5 Å². The molecule has 3 heterocycles. The summed E-state index contributed by atoms with van der Waals surface area (Å²) < 4.78 is 16.6. The Morgan fingerprint density at radius 3 is 3.04 bits per heavy atom. The van der Waals surface area contributed by atoms with Gasteiger partial charge in [-0.25, -0.2) is 4.39 Å². The zero-order chi connectivity index (χ0) is 16.1. The number of nitrogens with zero attached hydrogens (tertiary/aromatic N) is 2. The Morgan fingerprint density at radius 2 is 2.22 bits per heavy atom. The summed E-state index contributed by atoms with van der Waals surface area (Å²) >= 11 is 4.60. The highest BCUT2D eigenvalue weighted by molar-refractivity contribution is 9.10. The van der Waals surface area contributed by atoms with Gasteiger partial charge in [-0.3, -0.25) is 14.0 Å². The van der Waals surface area contributed by atoms with Crippen LogP contribution in [0.5, 0.6) is 0 Å². The van der Waals surface area contributed by atoms with Crippen LogP contribution in [0.3, 0.4) is 0 Å². The molecule has 3 aromatic rings. The van der Waals surface area contributed by atoms with Gasteiger partial charge in [0.15, 0.2) is 4.96 Å². The lowest BCUT2D eigenvalue weighted by atomic mass is 9.86. The first-order valence-electron chi connectivity index (χ1n) is 6.79. The molecule has 116 valence electrons. The number of anilines is 1. The van der Waals surface area contributed by atoms with Gasteiger partial charge in [0.1, 0.15) is 11.6 Å². The fraction of sp³-hybridized carbons (Fsp3) is 0.133. The minimum Gasteiger partial charge on any atom is -0.311 e. The molecule has 1 N–H and O–H groups in total. The molecule has 0 unspecified atom stereocenters. The van der Waals surface area contributed by atoms with Gasteiger partial charge in [-0.1, -0.05) is 15.9 Å². The van der Waals surface area contributed by atoms with Crippen molar-refractivity contribution in [1.82, 2.24) is 9.38 Å². The average Bonchev–Trinajstić information content (AvgIpc) is 2.97. The number of hydrogen-bond donors (Lipinski definition) is 1. The Labute approximate surface area is 141 Å². The summed E-state index contributed by atoms with van der Waals surface area (Å²) in [6.45, 7) is 0. The topological polar surface area (TPSA) is 63.5 Å². The summed E-state index contributed by atoms with van der Waals surface area (Å²) in [6, 6.07) is 4.50. The lowest BCUT2D eigenvalue weighted by Crippen LogP contribution is -2.32. The van der Waals surface area contributed by atoms with Crippen LogP contribution in [0.2, 0.25) is 0 Å². The molecule has 1 aromatic carbocycles. The van der Waals surface area contributed by atoms with E-state index in [1.807, 2.05) is 0 Å². The molecular formula is C15H9BrFN3O2S. The maximum absolute atomic E-state index is 14.3. The summed E-state index contributed by atoms with van der Waals surface area (Å²) in [5.41, 5.74) is 0.189. The third-order valence-corrected chi connectivity index (χ3v) is 5.09. The number of benzene rings is 1. The Balaban J connectivity index is 2.03. The number of aromatic nitrogens is 2. The first-order valence-corrected chi connectivity index (χ1v) is 8.46. The summed E-state index contributed by atoms with van der Waals surface area (Å²) in [7, 11) is 0. The molecule has 0 saturated heterocycles. The minimum atomic E-state index is -0.659. The normalized spacial score (nSPS) is 17.1. The molecule has 8 heteroatoms. The standard InChI is InChI=1S/C15H9BrFN3O2S/c16-7-1-2-10(17)8(5-7)9-6-11(21)18-13-12(9)14(22)19-15-20(13)3-4-23-15/h1-5,9H,6H2,(H,18,21)/t9-/m1/s1. The number of carbonyl (C=O) groups excluding carboxylic acids is 1. The SMILES string of the molecule is O=C1C[C@H](c2cc(Br)ccc2F)c2c(n3ccsc3nc2=O)N1. The van der Waals surface area contributed by atoms with E-state index in [2.05, 4.69) is 26.2 Å². The quantitative estimate of drug-likeness (QED) is 0.690. The van der Waals surface area contributed by atoms with Crippen molar-refractivity contribution in [3.8, 4) is 0 Å². The van der Waals surface area contributed by atoms with Crippen molar-refractivity contribution in [2.24, 2.45) is 0 Å². The van der Waals surface area contributed by atoms with Crippen LogP contribution in [0.1, 0.15) is 23.5 Å². The Hall–Kier alpha value is -2.06. The van der Waals surface area contributed by atoms with Crippen molar-refractivity contribution < 1.29 is 9.18 Å². The second-order valence-corrected chi connectivity index (χ2v) is 6.99. The van der Waals surface area contributed by atoms with Crippen molar-refractivity contribution in [3.63, 3.8) is 0 Å². The van der Waals surface area contributed by atoms with Crippen molar-refractivity contribution in [1.29, 1.82) is 0 Å². The summed E-state index contributed by atoms with van der Waals surface area (Å²) in [5.74, 6) is -0.990. The second kappa shape index (κ2) is 5.24. The first kappa shape index (κ1) is 14.5. The lowest BCUT2D eigenvalue weighted by molar-refractivity contribution is -0.116. The Bertz CT molecular complexity index is 1010. The van der Waals surface area contributed by atoms with Crippen LogP contribution in [0, 0.1) is 5.82 Å². The van der Waals surface area contributed by atoms with Crippen LogP contribution >= 0.6 is 27.3 Å². The molecule has 0 bridgehead atoms. The molecule has 0 saturated carbocycles. The van der Waals surface area contributed by atoms with Crippen LogP contribution in [0.15, 0.2) is 39.0 Å². The van der Waals surface area contributed by atoms with Gasteiger partial charge in [0, 0.05) is 28.4 Å². The molecule has 0 radical (unpaired) electrons. The molecule has 2 aromatic heterocycles. The van der Waals surface area contributed by atoms with E-state index in [1.54, 1.807) is 28.1 Å². The number of fused-ring (bicyclic) bond motifs is 3. The van der Waals surface area contributed by atoms with Gasteiger partial charge in [-0.15, -0.1) is 11.3 Å². The lowest BCUT2D eigenvalue weighted by Gasteiger charge is -2.25. The van der Waals surface area contributed by atoms with Gasteiger partial charge < -0.3 is 5.32 Å². The van der Waals surface area contributed by atoms with Gasteiger partial charge in [-0.2, -0.15) is 4.98 Å². The van der Waals surface area contributed by atoms with Gasteiger partial charge in [0.2, 0.25) is 5.91 Å². The molecular weight excluding hydrogens is 385 g/mol. The van der Waals surface area contributed by atoms with Crippen molar-refractivity contribution in [2.45, 2.75) is 12.3 Å². The van der Waals surface area contributed by atoms with E-state index in [0.29, 0.717) is 26.4 Å². The van der Waals surface area contributed by atoms with Crippen LogP contribution in [0.25, 0.3) is 4.96 Å². The monoisotopic (exact) mass is 393 g/mol. The van der Waals surface area contributed by atoms with E-state index in [9.17, 15) is 14.0 Å². The number of carbonyl (C=O) groups is 1. The van der Waals surface area contributed by atoms with Gasteiger partial charge in [0.25, 0.3) is 5.56 Å². The molecule has 5 nitrogen and oxygen atoms in total. The minimum absolute atomic E-state index is 0.00744. The number of amides is 1. The summed E-state index contributed by atoms with van der Waals surface area (Å²) in [5, 5.41) is 4.50. The zero-order valence-electron chi connectivity index (χ0n) is 11.5. The Kier molecular flexibility index (Phi) is 3.31. The number of hydrogen-bond acceptors (Lipinski definition) is 4. The first-order chi connectivity index (χ1) is 11.0. The van der Waals surface area contributed by atoms with Gasteiger partial charge >= 0.3 is 0 Å². The second-order valence-electron chi connectivity index (χ2n) is 5.21. The van der Waals surface area contributed by atoms with Crippen LogP contribution in [0.4, 0.5) is 10.2 Å². The molecule has 1 aliphatic heterocycles. The fourth-order valence-electron chi connectivity index (χ4n) is 2.86. The highest BCUT2D eigenvalue weighted by atomic mass is 79.9. The smallest absolute Gasteiger partial charge is 0.279 e. The molecule has 1 amide bonds. The van der Waals surface area contributed by atoms with Crippen LogP contribution in [-0.2, 0) is 4.79 Å². The van der Waals surface area contributed by atoms with Gasteiger partial charge in [0.05, 0.1) is 5.56 Å². The zero-order valence-corrected chi connectivity index (χ0v) is 13.9. The van der Waals surface area contributed by atoms with Crippen LogP contribution < -0.4 is 10.9 Å². The Morgan fingerprint density at radius 1 is 1.39 bits per heavy atom. The maximum Gasteiger partial charge on any atom is 0.279 e.